The van der Waals surface area contributed by atoms with Crippen molar-refractivity contribution >= 4 is 0 Å². The Hall–Kier alpha value is -3.74. The second-order valence-corrected chi connectivity index (χ2v) is 8.35. The van der Waals surface area contributed by atoms with E-state index in [1.54, 1.807) is 7.05 Å². The third-order valence-electron chi connectivity index (χ3n) is 5.89. The van der Waals surface area contributed by atoms with Crippen LogP contribution in [0.1, 0.15) is 41.1 Å². The Morgan fingerprint density at radius 1 is 1.03 bits per heavy atom. The minimum Gasteiger partial charge on any atom is -0.489 e. The third kappa shape index (κ3) is 3.82. The number of nitrogens with zero attached hydrogens (tertiary/aromatic N) is 5. The van der Waals surface area contributed by atoms with E-state index < -0.39 is 0 Å². The smallest absolute Gasteiger partial charge is 0.368 e. The summed E-state index contributed by atoms with van der Waals surface area (Å²) in [5.74, 6) is 1.32. The van der Waals surface area contributed by atoms with Crippen molar-refractivity contribution in [3.63, 3.8) is 0 Å². The second kappa shape index (κ2) is 8.07. The van der Waals surface area contributed by atoms with Crippen molar-refractivity contribution in [1.82, 2.24) is 24.8 Å². The molecule has 7 nitrogen and oxygen atoms in total. The van der Waals surface area contributed by atoms with Crippen molar-refractivity contribution in [2.24, 2.45) is 7.05 Å². The van der Waals surface area contributed by atoms with E-state index in [4.69, 9.17) is 4.74 Å². The molecular weight excluding hydrogens is 402 g/mol. The summed E-state index contributed by atoms with van der Waals surface area (Å²) in [6.45, 7) is 4.38. The van der Waals surface area contributed by atoms with E-state index in [0.717, 1.165) is 52.4 Å². The fraction of sp³-hybridized carbons (Fsp3) is 0.280. The minimum absolute atomic E-state index is 0.273. The molecule has 4 aromatic rings. The normalized spacial score (nSPS) is 13.3. The van der Waals surface area contributed by atoms with Crippen LogP contribution in [0, 0.1) is 13.8 Å². The van der Waals surface area contributed by atoms with Gasteiger partial charge in [-0.3, -0.25) is 4.98 Å². The molecule has 1 aliphatic carbocycles. The van der Waals surface area contributed by atoms with Crippen molar-refractivity contribution in [3.05, 3.63) is 87.5 Å². The Morgan fingerprint density at radius 3 is 2.53 bits per heavy atom. The van der Waals surface area contributed by atoms with Gasteiger partial charge in [-0.15, -0.1) is 0 Å². The zero-order valence-electron chi connectivity index (χ0n) is 18.4. The quantitative estimate of drug-likeness (QED) is 0.463. The minimum atomic E-state index is -0.273. The predicted octanol–water partition coefficient (Wildman–Crippen LogP) is 4.10. The van der Waals surface area contributed by atoms with Gasteiger partial charge in [-0.05, 0) is 90.6 Å². The standard InChI is InChI=1S/C25H25N5O2/c1-16-14-19(22-8-4-6-17(2)26-22)12-13-24(16)32-15-21-20(18-10-11-18)7-5-9-23(21)30-25(31)29(3)27-28-30/h4-9,12-14,18H,10-11,15H2,1-3H3. The lowest BCUT2D eigenvalue weighted by Crippen LogP contribution is -2.23. The first-order valence-electron chi connectivity index (χ1n) is 10.8. The van der Waals surface area contributed by atoms with E-state index in [-0.39, 0.29) is 5.69 Å². The van der Waals surface area contributed by atoms with Crippen LogP contribution >= 0.6 is 0 Å². The first-order valence-corrected chi connectivity index (χ1v) is 10.8. The van der Waals surface area contributed by atoms with Gasteiger partial charge in [-0.1, -0.05) is 18.2 Å². The van der Waals surface area contributed by atoms with Crippen molar-refractivity contribution in [2.45, 2.75) is 39.2 Å². The van der Waals surface area contributed by atoms with Gasteiger partial charge in [0.15, 0.2) is 0 Å². The van der Waals surface area contributed by atoms with Crippen LogP contribution in [0.25, 0.3) is 16.9 Å². The molecule has 0 atom stereocenters. The average molecular weight is 428 g/mol. The van der Waals surface area contributed by atoms with E-state index in [9.17, 15) is 4.79 Å². The van der Waals surface area contributed by atoms with Crippen LogP contribution < -0.4 is 10.4 Å². The second-order valence-electron chi connectivity index (χ2n) is 8.35. The van der Waals surface area contributed by atoms with Crippen LogP contribution in [-0.4, -0.2) is 24.8 Å². The molecule has 162 valence electrons. The van der Waals surface area contributed by atoms with Gasteiger partial charge in [-0.25, -0.2) is 4.79 Å². The van der Waals surface area contributed by atoms with E-state index >= 15 is 0 Å². The maximum Gasteiger partial charge on any atom is 0.368 e. The summed E-state index contributed by atoms with van der Waals surface area (Å²) in [5.41, 5.74) is 6.69. The summed E-state index contributed by atoms with van der Waals surface area (Å²) < 4.78 is 8.86. The topological polar surface area (TPSA) is 74.8 Å². The van der Waals surface area contributed by atoms with Crippen LogP contribution in [-0.2, 0) is 13.7 Å². The van der Waals surface area contributed by atoms with Gasteiger partial charge in [0, 0.05) is 23.9 Å². The third-order valence-corrected chi connectivity index (χ3v) is 5.89. The van der Waals surface area contributed by atoms with Crippen LogP contribution in [0.15, 0.2) is 59.4 Å². The molecule has 32 heavy (non-hydrogen) atoms. The predicted molar refractivity (Wildman–Crippen MR) is 122 cm³/mol. The maximum atomic E-state index is 12.5. The van der Waals surface area contributed by atoms with E-state index in [0.29, 0.717) is 12.5 Å². The Morgan fingerprint density at radius 2 is 1.84 bits per heavy atom. The molecule has 0 unspecified atom stereocenters. The summed E-state index contributed by atoms with van der Waals surface area (Å²) in [7, 11) is 1.60. The van der Waals surface area contributed by atoms with E-state index in [2.05, 4.69) is 27.5 Å². The number of aromatic nitrogens is 5. The molecule has 0 amide bonds. The van der Waals surface area contributed by atoms with E-state index in [1.165, 1.54) is 14.9 Å². The van der Waals surface area contributed by atoms with Crippen molar-refractivity contribution in [2.75, 3.05) is 0 Å². The van der Waals surface area contributed by atoms with Gasteiger partial charge >= 0.3 is 5.69 Å². The fourth-order valence-corrected chi connectivity index (χ4v) is 4.01. The number of hydrogen-bond donors (Lipinski definition) is 0. The molecule has 0 spiro atoms. The highest BCUT2D eigenvalue weighted by molar-refractivity contribution is 5.62. The Bertz CT molecular complexity index is 1350. The average Bonchev–Trinajstić information content (AvgIpc) is 3.58. The highest BCUT2D eigenvalue weighted by Crippen LogP contribution is 2.43. The molecule has 0 N–H and O–H groups in total. The molecule has 2 heterocycles. The molecule has 0 saturated heterocycles. The molecule has 1 fully saturated rings. The van der Waals surface area contributed by atoms with Crippen LogP contribution in [0.4, 0.5) is 0 Å². The molecule has 0 aliphatic heterocycles. The lowest BCUT2D eigenvalue weighted by atomic mass is 10.0. The Balaban J connectivity index is 1.46. The number of hydrogen-bond acceptors (Lipinski definition) is 5. The highest BCUT2D eigenvalue weighted by atomic mass is 16.5. The SMILES string of the molecule is Cc1cccc(-c2ccc(OCc3c(C4CC4)cccc3-n3nnn(C)c3=O)c(C)c2)n1. The van der Waals surface area contributed by atoms with Crippen molar-refractivity contribution in [1.29, 1.82) is 0 Å². The summed E-state index contributed by atoms with van der Waals surface area (Å²) in [6, 6.07) is 18.1. The van der Waals surface area contributed by atoms with Gasteiger partial charge in [0.2, 0.25) is 0 Å². The number of ether oxygens (including phenoxy) is 1. The first-order chi connectivity index (χ1) is 15.5. The monoisotopic (exact) mass is 427 g/mol. The zero-order valence-corrected chi connectivity index (χ0v) is 18.4. The molecular formula is C25H25N5O2. The van der Waals surface area contributed by atoms with Gasteiger partial charge < -0.3 is 4.74 Å². The zero-order chi connectivity index (χ0) is 22.2. The molecule has 0 radical (unpaired) electrons. The first kappa shape index (κ1) is 20.2. The Labute approximate surface area is 186 Å². The summed E-state index contributed by atoms with van der Waals surface area (Å²) >= 11 is 0. The number of benzene rings is 2. The van der Waals surface area contributed by atoms with Crippen molar-refractivity contribution in [3.8, 4) is 22.7 Å². The molecule has 0 bridgehead atoms. The van der Waals surface area contributed by atoms with Crippen molar-refractivity contribution < 1.29 is 4.74 Å². The number of aryl methyl sites for hydroxylation is 3. The number of pyridine rings is 1. The Kier molecular flexibility index (Phi) is 5.09. The molecule has 7 heteroatoms. The maximum absolute atomic E-state index is 12.5. The molecule has 5 rings (SSSR count). The summed E-state index contributed by atoms with van der Waals surface area (Å²) in [6.07, 6.45) is 2.31. The fourth-order valence-electron chi connectivity index (χ4n) is 4.01. The number of rotatable bonds is 6. The van der Waals surface area contributed by atoms with Gasteiger partial charge in [0.1, 0.15) is 12.4 Å². The summed E-state index contributed by atoms with van der Waals surface area (Å²) in [4.78, 5) is 17.1. The van der Waals surface area contributed by atoms with Crippen LogP contribution in [0.3, 0.4) is 0 Å². The summed E-state index contributed by atoms with van der Waals surface area (Å²) in [5, 5.41) is 7.92. The number of tetrazole rings is 1. The largest absolute Gasteiger partial charge is 0.489 e. The molecule has 1 saturated carbocycles. The van der Waals surface area contributed by atoms with Gasteiger partial charge in [0.25, 0.3) is 0 Å². The molecule has 2 aromatic carbocycles. The van der Waals surface area contributed by atoms with Crippen LogP contribution in [0.2, 0.25) is 0 Å². The van der Waals surface area contributed by atoms with Crippen LogP contribution in [0.5, 0.6) is 5.75 Å². The van der Waals surface area contributed by atoms with E-state index in [1.807, 2.05) is 56.3 Å². The van der Waals surface area contributed by atoms with Gasteiger partial charge in [-0.2, -0.15) is 9.36 Å². The highest BCUT2D eigenvalue weighted by Gasteiger charge is 2.28. The van der Waals surface area contributed by atoms with Gasteiger partial charge in [0.05, 0.1) is 11.4 Å². The lowest BCUT2D eigenvalue weighted by molar-refractivity contribution is 0.302. The lowest BCUT2D eigenvalue weighted by Gasteiger charge is -2.16. The molecule has 2 aromatic heterocycles. The molecule has 1 aliphatic rings.